The Kier molecular flexibility index (Phi) is 7.32. The summed E-state index contributed by atoms with van der Waals surface area (Å²) in [6.07, 6.45) is 0.599. The number of halogens is 1. The van der Waals surface area contributed by atoms with E-state index in [2.05, 4.69) is 10.0 Å². The molecule has 0 atom stereocenters. The molecule has 3 aromatic carbocycles. The molecule has 7 nitrogen and oxygen atoms in total. The quantitative estimate of drug-likeness (QED) is 0.511. The largest absolute Gasteiger partial charge is 0.493 e. The molecule has 0 saturated heterocycles. The maximum atomic E-state index is 13.0. The van der Waals surface area contributed by atoms with Crippen molar-refractivity contribution >= 4 is 21.6 Å². The van der Waals surface area contributed by atoms with Crippen molar-refractivity contribution in [3.63, 3.8) is 0 Å². The van der Waals surface area contributed by atoms with Gasteiger partial charge in [-0.1, -0.05) is 6.07 Å². The summed E-state index contributed by atoms with van der Waals surface area (Å²) in [5, 5.41) is 2.83. The molecule has 0 aliphatic carbocycles. The lowest BCUT2D eigenvalue weighted by Crippen LogP contribution is -2.25. The maximum absolute atomic E-state index is 13.0. The zero-order valence-electron chi connectivity index (χ0n) is 17.6. The van der Waals surface area contributed by atoms with E-state index in [4.69, 9.17) is 9.47 Å². The van der Waals surface area contributed by atoms with E-state index in [9.17, 15) is 17.6 Å². The highest BCUT2D eigenvalue weighted by Gasteiger charge is 2.14. The van der Waals surface area contributed by atoms with E-state index in [1.165, 1.54) is 36.4 Å². The first kappa shape index (κ1) is 23.1. The van der Waals surface area contributed by atoms with Crippen molar-refractivity contribution in [1.82, 2.24) is 5.32 Å². The molecular formula is C23H23FN2O5S. The van der Waals surface area contributed by atoms with Gasteiger partial charge in [-0.2, -0.15) is 0 Å². The third-order valence-corrected chi connectivity index (χ3v) is 6.07. The molecule has 3 aromatic rings. The van der Waals surface area contributed by atoms with Gasteiger partial charge in [-0.3, -0.25) is 9.52 Å². The first-order valence-electron chi connectivity index (χ1n) is 9.70. The number of ether oxygens (including phenoxy) is 2. The highest BCUT2D eigenvalue weighted by Crippen LogP contribution is 2.27. The van der Waals surface area contributed by atoms with Crippen LogP contribution in [0.1, 0.15) is 15.9 Å². The Morgan fingerprint density at radius 1 is 0.906 bits per heavy atom. The van der Waals surface area contributed by atoms with Gasteiger partial charge < -0.3 is 14.8 Å². The van der Waals surface area contributed by atoms with Gasteiger partial charge in [0, 0.05) is 17.8 Å². The third kappa shape index (κ3) is 5.76. The van der Waals surface area contributed by atoms with Crippen LogP contribution in [0, 0.1) is 5.82 Å². The van der Waals surface area contributed by atoms with Crippen LogP contribution in [0.25, 0.3) is 0 Å². The monoisotopic (exact) mass is 458 g/mol. The van der Waals surface area contributed by atoms with E-state index in [0.29, 0.717) is 30.0 Å². The molecule has 0 aliphatic heterocycles. The molecule has 0 radical (unpaired) electrons. The second kappa shape index (κ2) is 10.1. The Morgan fingerprint density at radius 3 is 2.19 bits per heavy atom. The maximum Gasteiger partial charge on any atom is 0.261 e. The Morgan fingerprint density at radius 2 is 1.56 bits per heavy atom. The molecule has 9 heteroatoms. The molecular weight excluding hydrogens is 435 g/mol. The van der Waals surface area contributed by atoms with Crippen LogP contribution in [0.2, 0.25) is 0 Å². The third-order valence-electron chi connectivity index (χ3n) is 4.67. The van der Waals surface area contributed by atoms with Crippen molar-refractivity contribution < 1.29 is 27.1 Å². The minimum Gasteiger partial charge on any atom is -0.493 e. The molecule has 0 spiro atoms. The van der Waals surface area contributed by atoms with Crippen molar-refractivity contribution in [3.05, 3.63) is 83.7 Å². The van der Waals surface area contributed by atoms with Gasteiger partial charge in [0.1, 0.15) is 5.82 Å². The summed E-state index contributed by atoms with van der Waals surface area (Å²) in [6.45, 7) is 0.410. The van der Waals surface area contributed by atoms with E-state index in [-0.39, 0.29) is 16.5 Å². The number of amides is 1. The molecule has 32 heavy (non-hydrogen) atoms. The number of hydrogen-bond acceptors (Lipinski definition) is 5. The molecule has 3 rings (SSSR count). The molecule has 168 valence electrons. The number of sulfonamides is 1. The number of nitrogens with one attached hydrogen (secondary N) is 2. The van der Waals surface area contributed by atoms with E-state index in [0.717, 1.165) is 17.7 Å². The van der Waals surface area contributed by atoms with Crippen molar-refractivity contribution in [2.45, 2.75) is 11.3 Å². The van der Waals surface area contributed by atoms with Crippen molar-refractivity contribution in [2.75, 3.05) is 25.5 Å². The molecule has 0 saturated carbocycles. The van der Waals surface area contributed by atoms with Gasteiger partial charge in [-0.05, 0) is 72.6 Å². The van der Waals surface area contributed by atoms with Crippen LogP contribution in [0.4, 0.5) is 10.1 Å². The first-order valence-corrected chi connectivity index (χ1v) is 11.2. The average Bonchev–Trinajstić information content (AvgIpc) is 2.79. The van der Waals surface area contributed by atoms with Gasteiger partial charge in [0.25, 0.3) is 15.9 Å². The lowest BCUT2D eigenvalue weighted by atomic mass is 10.1. The lowest BCUT2D eigenvalue weighted by molar-refractivity contribution is 0.0954. The molecule has 0 aliphatic rings. The summed E-state index contributed by atoms with van der Waals surface area (Å²) in [5.41, 5.74) is 1.66. The summed E-state index contributed by atoms with van der Waals surface area (Å²) in [4.78, 5) is 12.3. The van der Waals surface area contributed by atoms with E-state index >= 15 is 0 Å². The van der Waals surface area contributed by atoms with Crippen LogP contribution < -0.4 is 19.5 Å². The van der Waals surface area contributed by atoms with Crippen molar-refractivity contribution in [3.8, 4) is 11.5 Å². The van der Waals surface area contributed by atoms with Crippen LogP contribution in [0.3, 0.4) is 0 Å². The molecule has 0 bridgehead atoms. The smallest absolute Gasteiger partial charge is 0.261 e. The van der Waals surface area contributed by atoms with Gasteiger partial charge in [-0.15, -0.1) is 0 Å². The number of methoxy groups -OCH3 is 2. The lowest BCUT2D eigenvalue weighted by Gasteiger charge is -2.11. The molecule has 2 N–H and O–H groups in total. The summed E-state index contributed by atoms with van der Waals surface area (Å²) >= 11 is 0. The Labute approximate surface area is 186 Å². The van der Waals surface area contributed by atoms with E-state index in [1.807, 2.05) is 18.2 Å². The minimum atomic E-state index is -3.86. The highest BCUT2D eigenvalue weighted by atomic mass is 32.2. The summed E-state index contributed by atoms with van der Waals surface area (Å²) in [6, 6.07) is 16.1. The minimum absolute atomic E-state index is 0.0594. The number of carbonyl (C=O) groups excluding carboxylic acids is 1. The van der Waals surface area contributed by atoms with Crippen LogP contribution in [0.15, 0.2) is 71.6 Å². The van der Waals surface area contributed by atoms with Crippen LogP contribution >= 0.6 is 0 Å². The van der Waals surface area contributed by atoms with Crippen LogP contribution in [-0.2, 0) is 16.4 Å². The van der Waals surface area contributed by atoms with Crippen LogP contribution in [-0.4, -0.2) is 35.1 Å². The second-order valence-electron chi connectivity index (χ2n) is 6.83. The van der Waals surface area contributed by atoms with Crippen molar-refractivity contribution in [1.29, 1.82) is 0 Å². The van der Waals surface area contributed by atoms with Gasteiger partial charge in [0.2, 0.25) is 0 Å². The predicted octanol–water partition coefficient (Wildman–Crippen LogP) is 3.62. The average molecular weight is 459 g/mol. The topological polar surface area (TPSA) is 93.7 Å². The molecule has 0 heterocycles. The standard InChI is InChI=1S/C23H23FN2O5S/c1-30-21-12-3-16(15-22(21)31-2)13-14-25-23(27)17-4-8-19(9-5-17)26-32(28,29)20-10-6-18(24)7-11-20/h3-12,15,26H,13-14H2,1-2H3,(H,25,27). The van der Waals surface area contributed by atoms with Gasteiger partial charge in [0.15, 0.2) is 11.5 Å². The SMILES string of the molecule is COc1ccc(CCNC(=O)c2ccc(NS(=O)(=O)c3ccc(F)cc3)cc2)cc1OC. The fraction of sp³-hybridized carbons (Fsp3) is 0.174. The number of anilines is 1. The van der Waals surface area contributed by atoms with Crippen molar-refractivity contribution in [2.24, 2.45) is 0 Å². The fourth-order valence-electron chi connectivity index (χ4n) is 2.98. The second-order valence-corrected chi connectivity index (χ2v) is 8.51. The molecule has 0 fully saturated rings. The number of carbonyl (C=O) groups is 1. The highest BCUT2D eigenvalue weighted by molar-refractivity contribution is 7.92. The normalized spacial score (nSPS) is 11.0. The summed E-state index contributed by atoms with van der Waals surface area (Å²) < 4.78 is 50.6. The predicted molar refractivity (Wildman–Crippen MR) is 119 cm³/mol. The molecule has 0 aromatic heterocycles. The Balaban J connectivity index is 1.56. The number of benzene rings is 3. The van der Waals surface area contributed by atoms with Crippen LogP contribution in [0.5, 0.6) is 11.5 Å². The van der Waals surface area contributed by atoms with E-state index in [1.54, 1.807) is 14.2 Å². The fourth-order valence-corrected chi connectivity index (χ4v) is 4.03. The number of hydrogen-bond donors (Lipinski definition) is 2. The summed E-state index contributed by atoms with van der Waals surface area (Å²) in [5.74, 6) is 0.453. The zero-order chi connectivity index (χ0) is 23.1. The van der Waals surface area contributed by atoms with Gasteiger partial charge in [0.05, 0.1) is 19.1 Å². The first-order chi connectivity index (χ1) is 15.3. The zero-order valence-corrected chi connectivity index (χ0v) is 18.4. The van der Waals surface area contributed by atoms with Gasteiger partial charge >= 0.3 is 0 Å². The Bertz CT molecular complexity index is 1180. The molecule has 0 unspecified atom stereocenters. The van der Waals surface area contributed by atoms with E-state index < -0.39 is 15.8 Å². The summed E-state index contributed by atoms with van der Waals surface area (Å²) in [7, 11) is -0.727. The molecule has 1 amide bonds. The van der Waals surface area contributed by atoms with Gasteiger partial charge in [-0.25, -0.2) is 12.8 Å². The Hall–Kier alpha value is -3.59. The number of rotatable bonds is 9.